The van der Waals surface area contributed by atoms with E-state index < -0.39 is 0 Å². The summed E-state index contributed by atoms with van der Waals surface area (Å²) in [6.45, 7) is 1.87. The van der Waals surface area contributed by atoms with E-state index in [1.807, 2.05) is 73.0 Å². The molecule has 0 aliphatic rings. The lowest BCUT2D eigenvalue weighted by Gasteiger charge is -2.13. The molecule has 11 heteroatoms. The number of para-hydroxylation sites is 1. The van der Waals surface area contributed by atoms with Crippen molar-refractivity contribution in [2.24, 2.45) is 5.10 Å². The van der Waals surface area contributed by atoms with E-state index in [0.717, 1.165) is 25.6 Å². The molecule has 0 aliphatic carbocycles. The maximum absolute atomic E-state index is 12.7. The molecule has 0 bridgehead atoms. The van der Waals surface area contributed by atoms with Crippen molar-refractivity contribution < 1.29 is 19.1 Å². The predicted octanol–water partition coefficient (Wildman–Crippen LogP) is 7.26. The van der Waals surface area contributed by atoms with Gasteiger partial charge in [-0.15, -0.1) is 11.3 Å². The van der Waals surface area contributed by atoms with Gasteiger partial charge in [0, 0.05) is 27.9 Å². The van der Waals surface area contributed by atoms with Gasteiger partial charge in [0.1, 0.15) is 0 Å². The number of carbonyl (C=O) groups is 2. The quantitative estimate of drug-likeness (QED) is 0.0754. The number of aromatic nitrogens is 1. The fraction of sp³-hybridized carbons (Fsp3) is 0.0909. The zero-order chi connectivity index (χ0) is 30.9. The normalized spacial score (nSPS) is 10.8. The molecule has 3 N–H and O–H groups in total. The maximum atomic E-state index is 12.7. The van der Waals surface area contributed by atoms with Crippen molar-refractivity contribution >= 4 is 68.5 Å². The number of amides is 2. The number of benzene rings is 4. The Bertz CT molecular complexity index is 1770. The van der Waals surface area contributed by atoms with Gasteiger partial charge in [-0.05, 0) is 83.6 Å². The van der Waals surface area contributed by atoms with Gasteiger partial charge >= 0.3 is 0 Å². The van der Waals surface area contributed by atoms with E-state index in [0.29, 0.717) is 28.3 Å². The molecule has 0 aliphatic heterocycles. The Morgan fingerprint density at radius 3 is 2.45 bits per heavy atom. The number of methoxy groups -OCH3 is 1. The number of ether oxygens (including phenoxy) is 2. The molecule has 0 saturated heterocycles. The molecule has 44 heavy (non-hydrogen) atoms. The summed E-state index contributed by atoms with van der Waals surface area (Å²) in [5.41, 5.74) is 8.29. The minimum absolute atomic E-state index is 0.183. The first-order valence-corrected chi connectivity index (χ1v) is 15.4. The summed E-state index contributed by atoms with van der Waals surface area (Å²) in [5, 5.41) is 13.0. The highest BCUT2D eigenvalue weighted by Crippen LogP contribution is 2.33. The van der Waals surface area contributed by atoms with Crippen LogP contribution in [0.2, 0.25) is 0 Å². The van der Waals surface area contributed by atoms with Gasteiger partial charge in [-0.3, -0.25) is 9.59 Å². The van der Waals surface area contributed by atoms with Crippen LogP contribution in [0.15, 0.2) is 101 Å². The average molecular weight is 718 g/mol. The zero-order valence-corrected chi connectivity index (χ0v) is 26.8. The second kappa shape index (κ2) is 14.6. The molecule has 0 atom stereocenters. The number of anilines is 3. The van der Waals surface area contributed by atoms with E-state index in [2.05, 4.69) is 48.7 Å². The first-order valence-electron chi connectivity index (χ1n) is 13.5. The molecule has 0 saturated carbocycles. The minimum Gasteiger partial charge on any atom is -0.493 e. The maximum Gasteiger partial charge on any atom is 0.271 e. The fourth-order valence-corrected chi connectivity index (χ4v) is 5.58. The third-order valence-electron chi connectivity index (χ3n) is 6.29. The lowest BCUT2D eigenvalue weighted by atomic mass is 10.1. The average Bonchev–Trinajstić information content (AvgIpc) is 3.50. The van der Waals surface area contributed by atoms with Gasteiger partial charge in [-0.25, -0.2) is 10.4 Å². The van der Waals surface area contributed by atoms with Gasteiger partial charge in [0.25, 0.3) is 11.8 Å². The number of hydrogen-bond donors (Lipinski definition) is 3. The molecule has 1 aromatic heterocycles. The van der Waals surface area contributed by atoms with E-state index in [4.69, 9.17) is 9.47 Å². The van der Waals surface area contributed by atoms with E-state index in [-0.39, 0.29) is 18.4 Å². The van der Waals surface area contributed by atoms with Gasteiger partial charge in [0.2, 0.25) is 0 Å². The van der Waals surface area contributed by atoms with Crippen LogP contribution in [-0.4, -0.2) is 36.7 Å². The highest BCUT2D eigenvalue weighted by molar-refractivity contribution is 14.1. The van der Waals surface area contributed by atoms with Crippen molar-refractivity contribution in [1.29, 1.82) is 0 Å². The van der Waals surface area contributed by atoms with Crippen molar-refractivity contribution in [3.63, 3.8) is 0 Å². The lowest BCUT2D eigenvalue weighted by molar-refractivity contribution is -0.118. The van der Waals surface area contributed by atoms with Gasteiger partial charge < -0.3 is 20.1 Å². The van der Waals surface area contributed by atoms with Crippen molar-refractivity contribution in [3.8, 4) is 22.8 Å². The Labute approximate surface area is 272 Å². The molecule has 222 valence electrons. The Hall–Kier alpha value is -4.75. The standard InChI is InChI=1S/C33H28IN5O4S/c1-21-8-14-26(15-9-21)37-33-38-28(20-44-33)23-10-12-24(13-11-23)32(41)39-35-18-22-16-27(34)31(29(17-22)42-2)43-19-30(40)36-25-6-4-3-5-7-25/h3-18,20H,19H2,1-2H3,(H,36,40)(H,37,38)(H,39,41)/b35-18+. The molecule has 5 aromatic rings. The second-order valence-corrected chi connectivity index (χ2v) is 11.6. The zero-order valence-electron chi connectivity index (χ0n) is 23.8. The summed E-state index contributed by atoms with van der Waals surface area (Å²) < 4.78 is 12.0. The smallest absolute Gasteiger partial charge is 0.271 e. The number of nitrogens with one attached hydrogen (secondary N) is 3. The minimum atomic E-state index is -0.348. The van der Waals surface area contributed by atoms with Crippen LogP contribution in [0, 0.1) is 10.5 Å². The molecule has 2 amide bonds. The van der Waals surface area contributed by atoms with E-state index >= 15 is 0 Å². The molecule has 5 rings (SSSR count). The topological polar surface area (TPSA) is 114 Å². The summed E-state index contributed by atoms with van der Waals surface area (Å²) >= 11 is 3.62. The summed E-state index contributed by atoms with van der Waals surface area (Å²) in [4.78, 5) is 29.7. The number of halogens is 1. The number of carbonyl (C=O) groups excluding carboxylic acids is 2. The monoisotopic (exact) mass is 717 g/mol. The summed E-state index contributed by atoms with van der Waals surface area (Å²) in [6.07, 6.45) is 1.51. The number of nitrogens with zero attached hydrogens (tertiary/aromatic N) is 2. The number of hydrogen-bond acceptors (Lipinski definition) is 8. The highest BCUT2D eigenvalue weighted by Gasteiger charge is 2.14. The molecule has 0 spiro atoms. The van der Waals surface area contributed by atoms with Gasteiger partial charge in [-0.1, -0.05) is 48.0 Å². The van der Waals surface area contributed by atoms with Gasteiger partial charge in [0.05, 0.1) is 22.6 Å². The lowest BCUT2D eigenvalue weighted by Crippen LogP contribution is -2.20. The van der Waals surface area contributed by atoms with Crippen molar-refractivity contribution in [2.75, 3.05) is 24.4 Å². The first-order chi connectivity index (χ1) is 21.4. The van der Waals surface area contributed by atoms with Crippen molar-refractivity contribution in [3.05, 3.63) is 117 Å². The van der Waals surface area contributed by atoms with Crippen LogP contribution >= 0.6 is 33.9 Å². The number of aryl methyl sites for hydroxylation is 1. The van der Waals surface area contributed by atoms with Crippen LogP contribution in [0.4, 0.5) is 16.5 Å². The number of rotatable bonds is 11. The fourth-order valence-electron chi connectivity index (χ4n) is 4.06. The van der Waals surface area contributed by atoms with Gasteiger partial charge in [-0.2, -0.15) is 5.10 Å². The van der Waals surface area contributed by atoms with Gasteiger partial charge in [0.15, 0.2) is 23.2 Å². The molecular weight excluding hydrogens is 689 g/mol. The van der Waals surface area contributed by atoms with Crippen molar-refractivity contribution in [2.45, 2.75) is 6.92 Å². The van der Waals surface area contributed by atoms with E-state index in [1.165, 1.54) is 30.2 Å². The van der Waals surface area contributed by atoms with Crippen LogP contribution in [0.25, 0.3) is 11.3 Å². The Balaban J connectivity index is 1.16. The van der Waals surface area contributed by atoms with Crippen LogP contribution in [0.3, 0.4) is 0 Å². The summed E-state index contributed by atoms with van der Waals surface area (Å²) in [6, 6.07) is 28.0. The Morgan fingerprint density at radius 2 is 1.73 bits per heavy atom. The number of hydrazone groups is 1. The largest absolute Gasteiger partial charge is 0.493 e. The molecule has 0 fully saturated rings. The molecule has 0 radical (unpaired) electrons. The van der Waals surface area contributed by atoms with Crippen LogP contribution in [-0.2, 0) is 4.79 Å². The highest BCUT2D eigenvalue weighted by atomic mass is 127. The van der Waals surface area contributed by atoms with Crippen LogP contribution in [0.1, 0.15) is 21.5 Å². The third kappa shape index (κ3) is 8.20. The molecule has 1 heterocycles. The molecule has 0 unspecified atom stereocenters. The van der Waals surface area contributed by atoms with Crippen molar-refractivity contribution in [1.82, 2.24) is 10.4 Å². The molecular formula is C33H28IN5O4S. The first kappa shape index (κ1) is 30.7. The van der Waals surface area contributed by atoms with E-state index in [9.17, 15) is 9.59 Å². The predicted molar refractivity (Wildman–Crippen MR) is 183 cm³/mol. The Kier molecular flexibility index (Phi) is 10.2. The molecule has 9 nitrogen and oxygen atoms in total. The second-order valence-electron chi connectivity index (χ2n) is 9.54. The van der Waals surface area contributed by atoms with Crippen LogP contribution < -0.4 is 25.5 Å². The van der Waals surface area contributed by atoms with E-state index in [1.54, 1.807) is 30.3 Å². The third-order valence-corrected chi connectivity index (χ3v) is 7.85. The summed E-state index contributed by atoms with van der Waals surface area (Å²) in [5.74, 6) is 0.239. The summed E-state index contributed by atoms with van der Waals surface area (Å²) in [7, 11) is 1.52. The van der Waals surface area contributed by atoms with Crippen LogP contribution in [0.5, 0.6) is 11.5 Å². The number of thiazole rings is 1. The molecule has 4 aromatic carbocycles. The Morgan fingerprint density at radius 1 is 0.977 bits per heavy atom. The SMILES string of the molecule is COc1cc(/C=N/NC(=O)c2ccc(-c3csc(Nc4ccc(C)cc4)n3)cc2)cc(I)c1OCC(=O)Nc1ccccc1.